The quantitative estimate of drug-likeness (QED) is 0.782. The standard InChI is InChI=1S/C15H13ClO4/c1-18-11-6-12(19-2)8-13(7-11)20-15-4-3-10(9-17)5-14(15)16/h3-9H,1-2H3. The van der Waals surface area contributed by atoms with Crippen molar-refractivity contribution in [3.8, 4) is 23.0 Å². The Bertz CT molecular complexity index is 603. The fourth-order valence-electron chi connectivity index (χ4n) is 1.64. The van der Waals surface area contributed by atoms with Gasteiger partial charge in [0.25, 0.3) is 0 Å². The lowest BCUT2D eigenvalue weighted by Gasteiger charge is -2.11. The lowest BCUT2D eigenvalue weighted by molar-refractivity contribution is 0.112. The van der Waals surface area contributed by atoms with Gasteiger partial charge in [-0.2, -0.15) is 0 Å². The lowest BCUT2D eigenvalue weighted by atomic mass is 10.2. The summed E-state index contributed by atoms with van der Waals surface area (Å²) in [5.41, 5.74) is 0.491. The molecule has 0 amide bonds. The van der Waals surface area contributed by atoms with E-state index in [0.717, 1.165) is 6.29 Å². The van der Waals surface area contributed by atoms with Gasteiger partial charge in [-0.1, -0.05) is 11.6 Å². The van der Waals surface area contributed by atoms with Crippen molar-refractivity contribution < 1.29 is 19.0 Å². The summed E-state index contributed by atoms with van der Waals surface area (Å²) in [6.07, 6.45) is 0.726. The van der Waals surface area contributed by atoms with E-state index >= 15 is 0 Å². The number of aldehydes is 1. The molecule has 104 valence electrons. The van der Waals surface area contributed by atoms with Crippen molar-refractivity contribution >= 4 is 17.9 Å². The molecule has 0 fully saturated rings. The average molecular weight is 293 g/mol. The van der Waals surface area contributed by atoms with Gasteiger partial charge in [0.1, 0.15) is 29.3 Å². The van der Waals surface area contributed by atoms with Crippen LogP contribution in [0.15, 0.2) is 36.4 Å². The van der Waals surface area contributed by atoms with Crippen LogP contribution in [0.3, 0.4) is 0 Å². The Morgan fingerprint density at radius 3 is 2.05 bits per heavy atom. The molecule has 0 aliphatic heterocycles. The SMILES string of the molecule is COc1cc(OC)cc(Oc2ccc(C=O)cc2Cl)c1. The first-order valence-corrected chi connectivity index (χ1v) is 6.19. The van der Waals surface area contributed by atoms with Gasteiger partial charge >= 0.3 is 0 Å². The molecule has 0 radical (unpaired) electrons. The number of methoxy groups -OCH3 is 2. The predicted octanol–water partition coefficient (Wildman–Crippen LogP) is 3.96. The number of ether oxygens (including phenoxy) is 3. The molecule has 0 heterocycles. The van der Waals surface area contributed by atoms with Crippen LogP contribution in [0.4, 0.5) is 0 Å². The Morgan fingerprint density at radius 1 is 0.950 bits per heavy atom. The van der Waals surface area contributed by atoms with Crippen molar-refractivity contribution in [2.45, 2.75) is 0 Å². The highest BCUT2D eigenvalue weighted by Crippen LogP contribution is 2.34. The fourth-order valence-corrected chi connectivity index (χ4v) is 1.87. The number of hydrogen-bond acceptors (Lipinski definition) is 4. The highest BCUT2D eigenvalue weighted by atomic mass is 35.5. The van der Waals surface area contributed by atoms with E-state index in [1.165, 1.54) is 0 Å². The zero-order valence-electron chi connectivity index (χ0n) is 11.1. The maximum Gasteiger partial charge on any atom is 0.150 e. The first-order valence-electron chi connectivity index (χ1n) is 5.82. The maximum atomic E-state index is 10.7. The van der Waals surface area contributed by atoms with Gasteiger partial charge < -0.3 is 14.2 Å². The number of hydrogen-bond donors (Lipinski definition) is 0. The van der Waals surface area contributed by atoms with Gasteiger partial charge in [-0.25, -0.2) is 0 Å². The van der Waals surface area contributed by atoms with Crippen LogP contribution in [-0.2, 0) is 0 Å². The summed E-state index contributed by atoms with van der Waals surface area (Å²) in [5, 5.41) is 0.358. The van der Waals surface area contributed by atoms with Gasteiger partial charge in [0.15, 0.2) is 0 Å². The molecular weight excluding hydrogens is 280 g/mol. The minimum atomic E-state index is 0.358. The van der Waals surface area contributed by atoms with Crippen LogP contribution < -0.4 is 14.2 Å². The highest BCUT2D eigenvalue weighted by molar-refractivity contribution is 6.32. The Balaban J connectivity index is 2.31. The van der Waals surface area contributed by atoms with Crippen molar-refractivity contribution in [1.82, 2.24) is 0 Å². The van der Waals surface area contributed by atoms with Crippen LogP contribution >= 0.6 is 11.6 Å². The van der Waals surface area contributed by atoms with Gasteiger partial charge in [-0.15, -0.1) is 0 Å². The minimum absolute atomic E-state index is 0.358. The number of carbonyl (C=O) groups excluding carboxylic acids is 1. The molecule has 0 N–H and O–H groups in total. The van der Waals surface area contributed by atoms with E-state index in [0.29, 0.717) is 33.6 Å². The summed E-state index contributed by atoms with van der Waals surface area (Å²) in [6.45, 7) is 0. The van der Waals surface area contributed by atoms with E-state index in [-0.39, 0.29) is 0 Å². The summed E-state index contributed by atoms with van der Waals surface area (Å²) in [5.74, 6) is 2.20. The first-order chi connectivity index (χ1) is 9.66. The van der Waals surface area contributed by atoms with Gasteiger partial charge in [0.2, 0.25) is 0 Å². The van der Waals surface area contributed by atoms with Crippen LogP contribution in [-0.4, -0.2) is 20.5 Å². The topological polar surface area (TPSA) is 44.8 Å². The van der Waals surface area contributed by atoms with E-state index in [1.54, 1.807) is 50.6 Å². The molecule has 0 saturated carbocycles. The molecule has 0 saturated heterocycles. The molecule has 0 atom stereocenters. The van der Waals surface area contributed by atoms with Crippen molar-refractivity contribution in [2.75, 3.05) is 14.2 Å². The van der Waals surface area contributed by atoms with Gasteiger partial charge in [0.05, 0.1) is 19.2 Å². The van der Waals surface area contributed by atoms with E-state index in [2.05, 4.69) is 0 Å². The Morgan fingerprint density at radius 2 is 1.55 bits per heavy atom. The molecule has 0 spiro atoms. The number of carbonyl (C=O) groups is 1. The lowest BCUT2D eigenvalue weighted by Crippen LogP contribution is -1.91. The molecular formula is C15H13ClO4. The second-order valence-electron chi connectivity index (χ2n) is 3.96. The summed E-state index contributed by atoms with van der Waals surface area (Å²) >= 11 is 6.06. The molecule has 0 unspecified atom stereocenters. The van der Waals surface area contributed by atoms with Crippen molar-refractivity contribution in [2.24, 2.45) is 0 Å². The molecule has 5 heteroatoms. The van der Waals surface area contributed by atoms with Gasteiger partial charge in [-0.05, 0) is 18.2 Å². The first kappa shape index (κ1) is 14.2. The predicted molar refractivity (Wildman–Crippen MR) is 76.5 cm³/mol. The van der Waals surface area contributed by atoms with Crippen LogP contribution in [0.25, 0.3) is 0 Å². The normalized spacial score (nSPS) is 9.95. The van der Waals surface area contributed by atoms with Gasteiger partial charge in [-0.3, -0.25) is 4.79 Å². The maximum absolute atomic E-state index is 10.7. The molecule has 0 aliphatic carbocycles. The van der Waals surface area contributed by atoms with Gasteiger partial charge in [0, 0.05) is 23.8 Å². The third-order valence-corrected chi connectivity index (χ3v) is 2.94. The molecule has 2 aromatic rings. The van der Waals surface area contributed by atoms with Crippen LogP contribution in [0.1, 0.15) is 10.4 Å². The van der Waals surface area contributed by atoms with Crippen LogP contribution in [0.5, 0.6) is 23.0 Å². The third-order valence-electron chi connectivity index (χ3n) is 2.64. The molecule has 2 rings (SSSR count). The second kappa shape index (κ2) is 6.30. The van der Waals surface area contributed by atoms with Crippen LogP contribution in [0, 0.1) is 0 Å². The average Bonchev–Trinajstić information content (AvgIpc) is 2.48. The number of halogens is 1. The van der Waals surface area contributed by atoms with E-state index in [9.17, 15) is 4.79 Å². The van der Waals surface area contributed by atoms with Crippen molar-refractivity contribution in [3.63, 3.8) is 0 Å². The molecule has 0 bridgehead atoms. The largest absolute Gasteiger partial charge is 0.496 e. The molecule has 0 aromatic heterocycles. The fraction of sp³-hybridized carbons (Fsp3) is 0.133. The zero-order chi connectivity index (χ0) is 14.5. The molecule has 20 heavy (non-hydrogen) atoms. The van der Waals surface area contributed by atoms with Crippen LogP contribution in [0.2, 0.25) is 5.02 Å². The van der Waals surface area contributed by atoms with E-state index in [4.69, 9.17) is 25.8 Å². The van der Waals surface area contributed by atoms with Crippen molar-refractivity contribution in [1.29, 1.82) is 0 Å². The molecule has 4 nitrogen and oxygen atoms in total. The monoisotopic (exact) mass is 292 g/mol. The highest BCUT2D eigenvalue weighted by Gasteiger charge is 2.07. The molecule has 0 aliphatic rings. The Kier molecular flexibility index (Phi) is 4.48. The van der Waals surface area contributed by atoms with E-state index in [1.807, 2.05) is 0 Å². The Hall–Kier alpha value is -2.20. The zero-order valence-corrected chi connectivity index (χ0v) is 11.8. The number of rotatable bonds is 5. The second-order valence-corrected chi connectivity index (χ2v) is 4.37. The summed E-state index contributed by atoms with van der Waals surface area (Å²) in [7, 11) is 3.12. The smallest absolute Gasteiger partial charge is 0.150 e. The summed E-state index contributed by atoms with van der Waals surface area (Å²) < 4.78 is 16.0. The molecule has 2 aromatic carbocycles. The minimum Gasteiger partial charge on any atom is -0.496 e. The van der Waals surface area contributed by atoms with Crippen molar-refractivity contribution in [3.05, 3.63) is 47.0 Å². The number of benzene rings is 2. The van der Waals surface area contributed by atoms with E-state index < -0.39 is 0 Å². The summed E-state index contributed by atoms with van der Waals surface area (Å²) in [4.78, 5) is 10.7. The summed E-state index contributed by atoms with van der Waals surface area (Å²) in [6, 6.07) is 9.98. The third kappa shape index (κ3) is 3.22. The Labute approximate surface area is 121 Å².